The van der Waals surface area contributed by atoms with Crippen molar-refractivity contribution in [2.75, 3.05) is 4.72 Å². The summed E-state index contributed by atoms with van der Waals surface area (Å²) in [4.78, 5) is 13.6. The Hall–Kier alpha value is -2.15. The van der Waals surface area contributed by atoms with E-state index >= 15 is 0 Å². The average molecular weight is 282 g/mol. The van der Waals surface area contributed by atoms with E-state index in [0.29, 0.717) is 5.56 Å². The van der Waals surface area contributed by atoms with Gasteiger partial charge in [-0.3, -0.25) is 9.52 Å². The number of aromatic nitrogens is 1. The highest BCUT2D eigenvalue weighted by Gasteiger charge is 2.18. The molecule has 0 amide bonds. The van der Waals surface area contributed by atoms with Gasteiger partial charge in [0.25, 0.3) is 10.0 Å². The van der Waals surface area contributed by atoms with Crippen LogP contribution in [0.15, 0.2) is 46.3 Å². The molecule has 0 aliphatic heterocycles. The first-order valence-electron chi connectivity index (χ1n) is 5.36. The Morgan fingerprint density at radius 2 is 2.00 bits per heavy atom. The summed E-state index contributed by atoms with van der Waals surface area (Å²) < 4.78 is 39.4. The molecule has 0 atom stereocenters. The van der Waals surface area contributed by atoms with E-state index in [1.165, 1.54) is 18.3 Å². The van der Waals surface area contributed by atoms with Crippen molar-refractivity contribution in [3.05, 3.63) is 58.3 Å². The molecule has 0 saturated carbocycles. The summed E-state index contributed by atoms with van der Waals surface area (Å²) in [5.41, 5.74) is 0.0147. The number of nitrogens with one attached hydrogen (secondary N) is 2. The fourth-order valence-corrected chi connectivity index (χ4v) is 2.69. The van der Waals surface area contributed by atoms with Crippen LogP contribution in [0.1, 0.15) is 5.56 Å². The van der Waals surface area contributed by atoms with Gasteiger partial charge in [0.2, 0.25) is 5.43 Å². The van der Waals surface area contributed by atoms with Crippen LogP contribution >= 0.6 is 0 Å². The summed E-state index contributed by atoms with van der Waals surface area (Å²) >= 11 is 0. The zero-order valence-corrected chi connectivity index (χ0v) is 10.8. The predicted molar refractivity (Wildman–Crippen MR) is 69.0 cm³/mol. The molecule has 0 radical (unpaired) electrons. The number of hydrogen-bond acceptors (Lipinski definition) is 3. The molecule has 2 rings (SSSR count). The molecule has 0 saturated heterocycles. The Bertz CT molecular complexity index is 769. The van der Waals surface area contributed by atoms with Crippen LogP contribution in [0.5, 0.6) is 0 Å². The maximum absolute atomic E-state index is 13.1. The van der Waals surface area contributed by atoms with Crippen LogP contribution in [-0.2, 0) is 10.0 Å². The zero-order chi connectivity index (χ0) is 14.0. The minimum Gasteiger partial charge on any atom is -0.366 e. The molecule has 0 bridgehead atoms. The second-order valence-electron chi connectivity index (χ2n) is 3.94. The molecule has 1 aromatic heterocycles. The molecule has 0 spiro atoms. The van der Waals surface area contributed by atoms with Crippen molar-refractivity contribution in [2.24, 2.45) is 0 Å². The molecular formula is C12H11FN2O3S. The molecule has 1 aromatic carbocycles. The number of rotatable bonds is 3. The van der Waals surface area contributed by atoms with E-state index in [1.807, 2.05) is 0 Å². The second-order valence-corrected chi connectivity index (χ2v) is 5.59. The molecule has 19 heavy (non-hydrogen) atoms. The van der Waals surface area contributed by atoms with Crippen molar-refractivity contribution in [2.45, 2.75) is 11.8 Å². The Morgan fingerprint density at radius 3 is 2.68 bits per heavy atom. The highest BCUT2D eigenvalue weighted by atomic mass is 32.2. The van der Waals surface area contributed by atoms with E-state index in [9.17, 15) is 17.6 Å². The Kier molecular flexibility index (Phi) is 3.39. The highest BCUT2D eigenvalue weighted by molar-refractivity contribution is 7.92. The lowest BCUT2D eigenvalue weighted by Gasteiger charge is -2.09. The monoisotopic (exact) mass is 282 g/mol. The first kappa shape index (κ1) is 13.3. The van der Waals surface area contributed by atoms with Crippen LogP contribution in [0.3, 0.4) is 0 Å². The summed E-state index contributed by atoms with van der Waals surface area (Å²) in [7, 11) is -4.04. The topological polar surface area (TPSA) is 79.0 Å². The quantitative estimate of drug-likeness (QED) is 0.898. The Balaban J connectivity index is 2.45. The van der Waals surface area contributed by atoms with E-state index in [1.54, 1.807) is 6.92 Å². The van der Waals surface area contributed by atoms with Crippen molar-refractivity contribution < 1.29 is 12.8 Å². The average Bonchev–Trinajstić information content (AvgIpc) is 2.34. The lowest BCUT2D eigenvalue weighted by atomic mass is 10.2. The van der Waals surface area contributed by atoms with Crippen LogP contribution in [0, 0.1) is 12.7 Å². The molecule has 2 aromatic rings. The number of H-pyrrole nitrogens is 1. The molecule has 5 nitrogen and oxygen atoms in total. The number of anilines is 1. The number of halogens is 1. The number of aryl methyl sites for hydroxylation is 1. The summed E-state index contributed by atoms with van der Waals surface area (Å²) in [5, 5.41) is 0. The van der Waals surface area contributed by atoms with Crippen LogP contribution in [0.4, 0.5) is 10.1 Å². The molecule has 0 unspecified atom stereocenters. The molecule has 7 heteroatoms. The summed E-state index contributed by atoms with van der Waals surface area (Å²) in [6, 6.07) is 4.84. The van der Waals surface area contributed by atoms with E-state index in [4.69, 9.17) is 0 Å². The number of hydrogen-bond donors (Lipinski definition) is 2. The van der Waals surface area contributed by atoms with Gasteiger partial charge in [-0.05, 0) is 24.6 Å². The first-order valence-corrected chi connectivity index (χ1v) is 6.84. The number of aromatic amines is 1. The van der Waals surface area contributed by atoms with Gasteiger partial charge in [-0.15, -0.1) is 0 Å². The lowest BCUT2D eigenvalue weighted by Crippen LogP contribution is -2.21. The molecular weight excluding hydrogens is 271 g/mol. The molecule has 0 fully saturated rings. The number of sulfonamides is 1. The van der Waals surface area contributed by atoms with Gasteiger partial charge in [-0.25, -0.2) is 12.8 Å². The minimum absolute atomic E-state index is 0.100. The fraction of sp³-hybridized carbons (Fsp3) is 0.0833. The van der Waals surface area contributed by atoms with Crippen LogP contribution in [0.25, 0.3) is 0 Å². The highest BCUT2D eigenvalue weighted by Crippen LogP contribution is 2.19. The molecule has 0 aliphatic carbocycles. The van der Waals surface area contributed by atoms with Crippen molar-refractivity contribution in [1.82, 2.24) is 4.98 Å². The maximum Gasteiger partial charge on any atom is 0.267 e. The van der Waals surface area contributed by atoms with E-state index in [-0.39, 0.29) is 5.69 Å². The van der Waals surface area contributed by atoms with Crippen molar-refractivity contribution >= 4 is 15.7 Å². The minimum atomic E-state index is -4.04. The van der Waals surface area contributed by atoms with Crippen LogP contribution < -0.4 is 10.2 Å². The van der Waals surface area contributed by atoms with Gasteiger partial charge in [-0.1, -0.05) is 6.07 Å². The smallest absolute Gasteiger partial charge is 0.267 e. The van der Waals surface area contributed by atoms with Crippen molar-refractivity contribution in [3.63, 3.8) is 0 Å². The Labute approximate surface area is 109 Å². The summed E-state index contributed by atoms with van der Waals surface area (Å²) in [6.45, 7) is 1.63. The zero-order valence-electron chi connectivity index (χ0n) is 9.98. The van der Waals surface area contributed by atoms with Gasteiger partial charge >= 0.3 is 0 Å². The maximum atomic E-state index is 13.1. The predicted octanol–water partition coefficient (Wildman–Crippen LogP) is 1.62. The SMILES string of the molecule is Cc1ccc(F)cc1NS(=O)(=O)c1c[nH]ccc1=O. The van der Waals surface area contributed by atoms with Gasteiger partial charge in [0.05, 0.1) is 5.69 Å². The van der Waals surface area contributed by atoms with E-state index in [0.717, 1.165) is 18.3 Å². The second kappa shape index (κ2) is 4.85. The normalized spacial score (nSPS) is 11.3. The Morgan fingerprint density at radius 1 is 1.26 bits per heavy atom. The lowest BCUT2D eigenvalue weighted by molar-refractivity contribution is 0.600. The largest absolute Gasteiger partial charge is 0.366 e. The van der Waals surface area contributed by atoms with Gasteiger partial charge in [0, 0.05) is 18.5 Å². The van der Waals surface area contributed by atoms with Gasteiger partial charge in [0.1, 0.15) is 5.82 Å². The van der Waals surface area contributed by atoms with Crippen LogP contribution in [0.2, 0.25) is 0 Å². The van der Waals surface area contributed by atoms with Gasteiger partial charge < -0.3 is 4.98 Å². The summed E-state index contributed by atoms with van der Waals surface area (Å²) in [5.74, 6) is -0.565. The first-order chi connectivity index (χ1) is 8.90. The van der Waals surface area contributed by atoms with Crippen LogP contribution in [-0.4, -0.2) is 13.4 Å². The molecule has 2 N–H and O–H groups in total. The van der Waals surface area contributed by atoms with Crippen molar-refractivity contribution in [1.29, 1.82) is 0 Å². The number of pyridine rings is 1. The van der Waals surface area contributed by atoms with E-state index in [2.05, 4.69) is 9.71 Å². The molecule has 0 aliphatic rings. The fourth-order valence-electron chi connectivity index (χ4n) is 1.51. The molecule has 1 heterocycles. The van der Waals surface area contributed by atoms with E-state index < -0.39 is 26.2 Å². The third-order valence-electron chi connectivity index (χ3n) is 2.52. The van der Waals surface area contributed by atoms with Crippen molar-refractivity contribution in [3.8, 4) is 0 Å². The summed E-state index contributed by atoms with van der Waals surface area (Å²) in [6.07, 6.45) is 2.41. The van der Waals surface area contributed by atoms with Gasteiger partial charge in [0.15, 0.2) is 4.90 Å². The third-order valence-corrected chi connectivity index (χ3v) is 3.91. The number of benzene rings is 1. The third kappa shape index (κ3) is 2.82. The molecule has 100 valence electrons. The standard InChI is InChI=1S/C12H11FN2O3S/c1-8-2-3-9(13)6-10(8)15-19(17,18)12-7-14-5-4-11(12)16/h2-7,15H,1H3,(H,14,16). The van der Waals surface area contributed by atoms with Gasteiger partial charge in [-0.2, -0.15) is 0 Å².